The zero-order chi connectivity index (χ0) is 10.8. The zero-order valence-corrected chi connectivity index (χ0v) is 9.61. The average Bonchev–Trinajstić information content (AvgIpc) is 2.61. The maximum Gasteiger partial charge on any atom is 0.133 e. The maximum absolute atomic E-state index is 5.89. The molecule has 1 aliphatic heterocycles. The second-order valence-electron chi connectivity index (χ2n) is 4.52. The van der Waals surface area contributed by atoms with Crippen molar-refractivity contribution >= 4 is 0 Å². The third-order valence-electron chi connectivity index (χ3n) is 3.10. The van der Waals surface area contributed by atoms with Gasteiger partial charge in [0.1, 0.15) is 11.6 Å². The molecule has 1 aromatic rings. The van der Waals surface area contributed by atoms with Crippen LogP contribution in [0.2, 0.25) is 0 Å². The lowest BCUT2D eigenvalue weighted by Gasteiger charge is -2.27. The lowest BCUT2D eigenvalue weighted by molar-refractivity contribution is 0.348. The van der Waals surface area contributed by atoms with Gasteiger partial charge in [-0.25, -0.2) is 0 Å². The van der Waals surface area contributed by atoms with Gasteiger partial charge in [-0.1, -0.05) is 6.92 Å². The van der Waals surface area contributed by atoms with E-state index in [9.17, 15) is 0 Å². The van der Waals surface area contributed by atoms with Crippen LogP contribution in [-0.4, -0.2) is 20.8 Å². The van der Waals surface area contributed by atoms with Crippen LogP contribution in [0.4, 0.5) is 0 Å². The minimum absolute atomic E-state index is 0.257. The molecule has 2 atom stereocenters. The van der Waals surface area contributed by atoms with E-state index in [0.717, 1.165) is 30.9 Å². The Morgan fingerprint density at radius 3 is 3.00 bits per heavy atom. The van der Waals surface area contributed by atoms with E-state index in [-0.39, 0.29) is 6.04 Å². The minimum Gasteiger partial charge on any atom is -0.328 e. The molecular weight excluding hydrogens is 188 g/mol. The molecule has 0 aromatic carbocycles. The van der Waals surface area contributed by atoms with Gasteiger partial charge in [0.05, 0.1) is 0 Å². The van der Waals surface area contributed by atoms with Crippen LogP contribution in [0.1, 0.15) is 50.8 Å². The molecule has 1 aliphatic rings. The second kappa shape index (κ2) is 4.31. The van der Waals surface area contributed by atoms with Gasteiger partial charge < -0.3 is 10.3 Å². The summed E-state index contributed by atoms with van der Waals surface area (Å²) < 4.78 is 2.33. The first-order valence-electron chi connectivity index (χ1n) is 5.90. The van der Waals surface area contributed by atoms with E-state index < -0.39 is 0 Å². The molecular formula is C11H20N4. The van der Waals surface area contributed by atoms with E-state index in [0.29, 0.717) is 6.04 Å². The molecule has 2 unspecified atom stereocenters. The largest absolute Gasteiger partial charge is 0.328 e. The zero-order valence-electron chi connectivity index (χ0n) is 9.61. The smallest absolute Gasteiger partial charge is 0.133 e. The van der Waals surface area contributed by atoms with Crippen molar-refractivity contribution in [3.8, 4) is 0 Å². The molecule has 0 amide bonds. The van der Waals surface area contributed by atoms with Gasteiger partial charge in [-0.05, 0) is 26.2 Å². The Kier molecular flexibility index (Phi) is 3.05. The maximum atomic E-state index is 5.89. The van der Waals surface area contributed by atoms with Gasteiger partial charge in [0, 0.05) is 24.9 Å². The summed E-state index contributed by atoms with van der Waals surface area (Å²) in [4.78, 5) is 0. The molecule has 0 saturated heterocycles. The Morgan fingerprint density at radius 2 is 2.33 bits per heavy atom. The number of aromatic nitrogens is 3. The summed E-state index contributed by atoms with van der Waals surface area (Å²) in [5.74, 6) is 2.28. The van der Waals surface area contributed by atoms with E-state index in [2.05, 4.69) is 28.6 Å². The van der Waals surface area contributed by atoms with E-state index in [4.69, 9.17) is 5.73 Å². The predicted octanol–water partition coefficient (Wildman–Crippen LogP) is 1.46. The molecule has 0 bridgehead atoms. The number of fused-ring (bicyclic) bond motifs is 1. The van der Waals surface area contributed by atoms with Crippen molar-refractivity contribution in [2.75, 3.05) is 0 Å². The topological polar surface area (TPSA) is 56.7 Å². The third kappa shape index (κ3) is 2.04. The van der Waals surface area contributed by atoms with Crippen LogP contribution in [0.15, 0.2) is 0 Å². The first-order chi connectivity index (χ1) is 7.22. The van der Waals surface area contributed by atoms with Crippen LogP contribution >= 0.6 is 0 Å². The highest BCUT2D eigenvalue weighted by Gasteiger charge is 2.24. The van der Waals surface area contributed by atoms with E-state index in [1.54, 1.807) is 0 Å². The highest BCUT2D eigenvalue weighted by molar-refractivity contribution is 5.02. The standard InChI is InChI=1S/C11H20N4/c1-3-10-13-14-11-6-4-5-9(15(10)11)7-8(2)12/h8-9H,3-7,12H2,1-2H3. The quantitative estimate of drug-likeness (QED) is 0.818. The van der Waals surface area contributed by atoms with Crippen molar-refractivity contribution in [2.45, 2.75) is 58.0 Å². The van der Waals surface area contributed by atoms with Gasteiger partial charge >= 0.3 is 0 Å². The first kappa shape index (κ1) is 10.6. The van der Waals surface area contributed by atoms with E-state index in [1.165, 1.54) is 12.8 Å². The number of nitrogens with zero attached hydrogens (tertiary/aromatic N) is 3. The molecule has 4 nitrogen and oxygen atoms in total. The van der Waals surface area contributed by atoms with E-state index in [1.807, 2.05) is 0 Å². The lowest BCUT2D eigenvalue weighted by atomic mass is 9.98. The highest BCUT2D eigenvalue weighted by Crippen LogP contribution is 2.28. The molecule has 15 heavy (non-hydrogen) atoms. The number of aryl methyl sites for hydroxylation is 2. The first-order valence-corrected chi connectivity index (χ1v) is 5.90. The summed E-state index contributed by atoms with van der Waals surface area (Å²) in [6.07, 6.45) is 5.52. The Balaban J connectivity index is 2.27. The molecule has 0 radical (unpaired) electrons. The molecule has 0 saturated carbocycles. The fourth-order valence-electron chi connectivity index (χ4n) is 2.47. The molecule has 2 rings (SSSR count). The van der Waals surface area contributed by atoms with Crippen LogP contribution in [-0.2, 0) is 12.8 Å². The SMILES string of the molecule is CCc1nnc2n1C(CC(C)N)CCC2. The molecule has 0 aliphatic carbocycles. The molecule has 2 N–H and O–H groups in total. The van der Waals surface area contributed by atoms with Crippen molar-refractivity contribution in [3.63, 3.8) is 0 Å². The minimum atomic E-state index is 0.257. The summed E-state index contributed by atoms with van der Waals surface area (Å²) >= 11 is 0. The number of rotatable bonds is 3. The Morgan fingerprint density at radius 1 is 1.53 bits per heavy atom. The fourth-order valence-corrected chi connectivity index (χ4v) is 2.47. The molecule has 2 heterocycles. The summed E-state index contributed by atoms with van der Waals surface area (Å²) in [6, 6.07) is 0.784. The van der Waals surface area contributed by atoms with Crippen LogP contribution in [0.5, 0.6) is 0 Å². The molecule has 84 valence electrons. The highest BCUT2D eigenvalue weighted by atomic mass is 15.3. The Labute approximate surface area is 90.9 Å². The summed E-state index contributed by atoms with van der Waals surface area (Å²) in [5.41, 5.74) is 5.89. The number of hydrogen-bond acceptors (Lipinski definition) is 3. The van der Waals surface area contributed by atoms with Crippen molar-refractivity contribution in [1.82, 2.24) is 14.8 Å². The Hall–Kier alpha value is -0.900. The van der Waals surface area contributed by atoms with Gasteiger partial charge in [0.25, 0.3) is 0 Å². The molecule has 0 spiro atoms. The van der Waals surface area contributed by atoms with Crippen molar-refractivity contribution in [1.29, 1.82) is 0 Å². The fraction of sp³-hybridized carbons (Fsp3) is 0.818. The van der Waals surface area contributed by atoms with Crippen LogP contribution in [0.25, 0.3) is 0 Å². The molecule has 0 fully saturated rings. The monoisotopic (exact) mass is 208 g/mol. The van der Waals surface area contributed by atoms with Crippen LogP contribution in [0.3, 0.4) is 0 Å². The average molecular weight is 208 g/mol. The van der Waals surface area contributed by atoms with Gasteiger partial charge in [-0.2, -0.15) is 0 Å². The van der Waals surface area contributed by atoms with Gasteiger partial charge in [-0.15, -0.1) is 10.2 Å². The lowest BCUT2D eigenvalue weighted by Crippen LogP contribution is -2.26. The third-order valence-corrected chi connectivity index (χ3v) is 3.10. The Bertz CT molecular complexity index is 316. The van der Waals surface area contributed by atoms with E-state index >= 15 is 0 Å². The number of hydrogen-bond donors (Lipinski definition) is 1. The second-order valence-corrected chi connectivity index (χ2v) is 4.52. The van der Waals surface area contributed by atoms with Gasteiger partial charge in [-0.3, -0.25) is 0 Å². The van der Waals surface area contributed by atoms with Crippen molar-refractivity contribution < 1.29 is 0 Å². The normalized spacial score (nSPS) is 22.5. The van der Waals surface area contributed by atoms with Gasteiger partial charge in [0.2, 0.25) is 0 Å². The predicted molar refractivity (Wildman–Crippen MR) is 59.6 cm³/mol. The summed E-state index contributed by atoms with van der Waals surface area (Å²) in [5, 5.41) is 8.50. The van der Waals surface area contributed by atoms with Crippen LogP contribution in [0, 0.1) is 0 Å². The summed E-state index contributed by atoms with van der Waals surface area (Å²) in [6.45, 7) is 4.21. The molecule has 1 aromatic heterocycles. The summed E-state index contributed by atoms with van der Waals surface area (Å²) in [7, 11) is 0. The van der Waals surface area contributed by atoms with Crippen molar-refractivity contribution in [2.24, 2.45) is 5.73 Å². The van der Waals surface area contributed by atoms with Gasteiger partial charge in [0.15, 0.2) is 0 Å². The molecule has 4 heteroatoms. The van der Waals surface area contributed by atoms with Crippen LogP contribution < -0.4 is 5.73 Å². The number of nitrogens with two attached hydrogens (primary N) is 1. The van der Waals surface area contributed by atoms with Crippen molar-refractivity contribution in [3.05, 3.63) is 11.6 Å².